The minimum atomic E-state index is -0.315. The Hall–Kier alpha value is -2.68. The molecule has 14 nitrogen and oxygen atoms in total. The molecule has 0 aromatic carbocycles. The van der Waals surface area contributed by atoms with Gasteiger partial charge in [0, 0.05) is 26.7 Å². The number of quaternary nitrogens is 2. The molecule has 0 atom stereocenters. The van der Waals surface area contributed by atoms with Crippen LogP contribution in [0.5, 0.6) is 0 Å². The maximum Gasteiger partial charge on any atom is 0.361 e. The van der Waals surface area contributed by atoms with Crippen LogP contribution in [0.4, 0.5) is 0 Å². The molecular formula is C48H90Cl2N2O12. The molecule has 0 aromatic rings. The molecule has 0 aliphatic carbocycles. The molecular weight excluding hydrogens is 867 g/mol. The van der Waals surface area contributed by atoms with Gasteiger partial charge < -0.3 is 62.2 Å². The Kier molecular flexibility index (Phi) is 45.3. The summed E-state index contributed by atoms with van der Waals surface area (Å²) in [6.07, 6.45) is 26.3. The zero-order valence-corrected chi connectivity index (χ0v) is 42.5. The standard InChI is InChI=1S/C48H90N2O12.2ClH/c1-43(51)57-39-33-49(3,4)41-47(55)61-37-29-23-17-11-9-15-21-27-35-59-45(53)31-25-19-13-7-8-14-20-26-32-46(54)60-36-28-22-16-10-12-18-24-30-38-62-48(56)42-50(5,6)34-40-58-44(2)52;;/h7-42H2,1-6H3;2*1H/q+2;;/p-2. The van der Waals surface area contributed by atoms with Crippen LogP contribution in [-0.2, 0) is 57.2 Å². The van der Waals surface area contributed by atoms with E-state index in [9.17, 15) is 28.8 Å². The number of likely N-dealkylation sites (N-methyl/N-ethyl adjacent to an activating group) is 2. The van der Waals surface area contributed by atoms with E-state index in [1.54, 1.807) is 0 Å². The van der Waals surface area contributed by atoms with Gasteiger partial charge >= 0.3 is 35.8 Å². The summed E-state index contributed by atoms with van der Waals surface area (Å²) in [4.78, 5) is 70.1. The molecule has 0 rings (SSSR count). The molecule has 0 fully saturated rings. The lowest BCUT2D eigenvalue weighted by Gasteiger charge is -2.28. The topological polar surface area (TPSA) is 158 Å². The number of carbonyl (C=O) groups is 6. The number of carbonyl (C=O) groups excluding carboxylic acids is 6. The predicted molar refractivity (Wildman–Crippen MR) is 241 cm³/mol. The van der Waals surface area contributed by atoms with E-state index in [0.29, 0.717) is 61.3 Å². The largest absolute Gasteiger partial charge is 1.00 e. The molecule has 64 heavy (non-hydrogen) atoms. The van der Waals surface area contributed by atoms with Crippen LogP contribution < -0.4 is 24.8 Å². The first-order valence-electron chi connectivity index (χ1n) is 24.1. The van der Waals surface area contributed by atoms with E-state index < -0.39 is 0 Å². The summed E-state index contributed by atoms with van der Waals surface area (Å²) in [5.74, 6) is -1.25. The smallest absolute Gasteiger partial charge is 0.361 e. The minimum Gasteiger partial charge on any atom is -1.00 e. The van der Waals surface area contributed by atoms with Crippen LogP contribution in [-0.4, -0.2) is 139 Å². The van der Waals surface area contributed by atoms with Gasteiger partial charge in [-0.05, 0) is 38.5 Å². The summed E-state index contributed by atoms with van der Waals surface area (Å²) in [6.45, 7) is 6.86. The van der Waals surface area contributed by atoms with Crippen LogP contribution in [0.3, 0.4) is 0 Å². The Balaban J connectivity index is -0.0000186. The van der Waals surface area contributed by atoms with Gasteiger partial charge in [-0.25, -0.2) is 9.59 Å². The molecule has 0 saturated carbocycles. The van der Waals surface area contributed by atoms with Crippen molar-refractivity contribution in [1.29, 1.82) is 0 Å². The van der Waals surface area contributed by atoms with Gasteiger partial charge in [0.05, 0.1) is 54.6 Å². The molecule has 378 valence electrons. The maximum absolute atomic E-state index is 12.1. The van der Waals surface area contributed by atoms with Crippen molar-refractivity contribution in [3.05, 3.63) is 0 Å². The first-order chi connectivity index (χ1) is 29.6. The first-order valence-corrected chi connectivity index (χ1v) is 24.1. The van der Waals surface area contributed by atoms with Gasteiger partial charge in [0.1, 0.15) is 26.3 Å². The molecule has 0 heterocycles. The van der Waals surface area contributed by atoms with E-state index in [-0.39, 0.29) is 86.9 Å². The number of esters is 6. The average molecular weight is 958 g/mol. The predicted octanol–water partition coefficient (Wildman–Crippen LogP) is 2.59. The lowest BCUT2D eigenvalue weighted by molar-refractivity contribution is -0.883. The van der Waals surface area contributed by atoms with Crippen molar-refractivity contribution in [2.24, 2.45) is 0 Å². The number of hydrogen-bond donors (Lipinski definition) is 0. The monoisotopic (exact) mass is 957 g/mol. The quantitative estimate of drug-likeness (QED) is 0.0382. The normalized spacial score (nSPS) is 11.2. The van der Waals surface area contributed by atoms with Gasteiger partial charge in [-0.3, -0.25) is 19.2 Å². The zero-order valence-electron chi connectivity index (χ0n) is 41.0. The van der Waals surface area contributed by atoms with Gasteiger partial charge in [0.25, 0.3) is 0 Å². The summed E-state index contributed by atoms with van der Waals surface area (Å²) in [6, 6.07) is 0. The van der Waals surface area contributed by atoms with Crippen molar-refractivity contribution in [2.75, 3.05) is 94.0 Å². The molecule has 0 unspecified atom stereocenters. The highest BCUT2D eigenvalue weighted by Crippen LogP contribution is 2.14. The summed E-state index contributed by atoms with van der Waals surface area (Å²) in [5.41, 5.74) is 0. The summed E-state index contributed by atoms with van der Waals surface area (Å²) >= 11 is 0. The van der Waals surface area contributed by atoms with Crippen molar-refractivity contribution in [3.8, 4) is 0 Å². The molecule has 0 amide bonds. The molecule has 0 aliphatic rings. The lowest BCUT2D eigenvalue weighted by atomic mass is 10.1. The Bertz CT molecular complexity index is 1120. The fraction of sp³-hybridized carbons (Fsp3) is 0.875. The fourth-order valence-corrected chi connectivity index (χ4v) is 6.84. The maximum atomic E-state index is 12.1. The van der Waals surface area contributed by atoms with Gasteiger partial charge in [-0.1, -0.05) is 116 Å². The van der Waals surface area contributed by atoms with Crippen LogP contribution in [0.2, 0.25) is 0 Å². The van der Waals surface area contributed by atoms with Crippen molar-refractivity contribution in [1.82, 2.24) is 0 Å². The van der Waals surface area contributed by atoms with Gasteiger partial charge in [0.2, 0.25) is 0 Å². The number of nitrogens with zero attached hydrogens (tertiary/aromatic N) is 2. The summed E-state index contributed by atoms with van der Waals surface area (Å²) < 4.78 is 32.3. The van der Waals surface area contributed by atoms with Crippen LogP contribution in [0.1, 0.15) is 181 Å². The molecule has 0 radical (unpaired) electrons. The lowest BCUT2D eigenvalue weighted by Crippen LogP contribution is -3.00. The van der Waals surface area contributed by atoms with Crippen LogP contribution in [0.15, 0.2) is 0 Å². The molecule has 0 saturated heterocycles. The highest BCUT2D eigenvalue weighted by molar-refractivity contribution is 5.71. The fourth-order valence-electron chi connectivity index (χ4n) is 6.84. The van der Waals surface area contributed by atoms with Crippen molar-refractivity contribution < 1.29 is 91.0 Å². The van der Waals surface area contributed by atoms with Crippen molar-refractivity contribution in [3.63, 3.8) is 0 Å². The second-order valence-corrected chi connectivity index (χ2v) is 18.2. The van der Waals surface area contributed by atoms with Gasteiger partial charge in [-0.2, -0.15) is 0 Å². The third-order valence-corrected chi connectivity index (χ3v) is 10.8. The van der Waals surface area contributed by atoms with Gasteiger partial charge in [-0.15, -0.1) is 0 Å². The summed E-state index contributed by atoms with van der Waals surface area (Å²) in [7, 11) is 7.66. The van der Waals surface area contributed by atoms with Crippen molar-refractivity contribution >= 4 is 35.8 Å². The second kappa shape index (κ2) is 44.2. The zero-order chi connectivity index (χ0) is 46.2. The van der Waals surface area contributed by atoms with E-state index in [1.165, 1.54) is 13.8 Å². The SMILES string of the molecule is CC(=O)OCC[N+](C)(C)CC(=O)OCCCCCCCCCCOC(=O)CCCCCCCCCCC(=O)OCCCCCCCCCCOC(=O)C[N+](C)(C)CCOC(C)=O.[Cl-].[Cl-]. The molecule has 0 aliphatic heterocycles. The Morgan fingerprint density at radius 1 is 0.297 bits per heavy atom. The number of halogens is 2. The average Bonchev–Trinajstić information content (AvgIpc) is 3.18. The van der Waals surface area contributed by atoms with E-state index >= 15 is 0 Å². The van der Waals surface area contributed by atoms with E-state index in [4.69, 9.17) is 28.4 Å². The third-order valence-electron chi connectivity index (χ3n) is 10.8. The Labute approximate surface area is 400 Å². The van der Waals surface area contributed by atoms with Gasteiger partial charge in [0.15, 0.2) is 13.1 Å². The van der Waals surface area contributed by atoms with E-state index in [2.05, 4.69) is 0 Å². The van der Waals surface area contributed by atoms with Crippen LogP contribution in [0.25, 0.3) is 0 Å². The molecule has 16 heteroatoms. The number of unbranched alkanes of at least 4 members (excludes halogenated alkanes) is 21. The molecule has 0 aromatic heterocycles. The number of hydrogen-bond acceptors (Lipinski definition) is 12. The third kappa shape index (κ3) is 48.8. The highest BCUT2D eigenvalue weighted by atomic mass is 35.5. The molecule has 0 bridgehead atoms. The number of ether oxygens (including phenoxy) is 6. The van der Waals surface area contributed by atoms with Crippen molar-refractivity contribution in [2.45, 2.75) is 181 Å². The second-order valence-electron chi connectivity index (χ2n) is 18.2. The Morgan fingerprint density at radius 2 is 0.516 bits per heavy atom. The molecule has 0 spiro atoms. The molecule has 0 N–H and O–H groups in total. The van der Waals surface area contributed by atoms with Crippen LogP contribution >= 0.6 is 0 Å². The minimum absolute atomic E-state index is 0. The first kappa shape index (κ1) is 65.6. The Morgan fingerprint density at radius 3 is 0.766 bits per heavy atom. The highest BCUT2D eigenvalue weighted by Gasteiger charge is 2.22. The van der Waals surface area contributed by atoms with E-state index in [1.807, 2.05) is 28.2 Å². The number of rotatable bonds is 43. The van der Waals surface area contributed by atoms with E-state index in [0.717, 1.165) is 154 Å². The van der Waals surface area contributed by atoms with Crippen LogP contribution in [0, 0.1) is 0 Å². The summed E-state index contributed by atoms with van der Waals surface area (Å²) in [5, 5.41) is 0.